The molecule has 1 rings (SSSR count). The Balaban J connectivity index is 2.39. The first kappa shape index (κ1) is 23.7. The molecule has 0 fully saturated rings. The van der Waals surface area contributed by atoms with Crippen molar-refractivity contribution in [2.45, 2.75) is 57.3 Å². The molecular formula is C17H28F3N5O3. The van der Waals surface area contributed by atoms with Gasteiger partial charge in [0.05, 0.1) is 12.7 Å². The molecule has 0 aliphatic heterocycles. The maximum absolute atomic E-state index is 12.5. The van der Waals surface area contributed by atoms with E-state index in [1.54, 1.807) is 24.7 Å². The lowest BCUT2D eigenvalue weighted by Crippen LogP contribution is -2.42. The topological polar surface area (TPSA) is 112 Å². The number of nitrogens with one attached hydrogen (secondary N) is 3. The summed E-state index contributed by atoms with van der Waals surface area (Å²) in [5, 5.41) is 22.8. The molecule has 4 N–H and O–H groups in total. The molecule has 11 heteroatoms. The van der Waals surface area contributed by atoms with Crippen molar-refractivity contribution < 1.29 is 27.8 Å². The number of carbonyl (C=O) groups is 1. The molecule has 0 radical (unpaired) electrons. The minimum absolute atomic E-state index is 0.0732. The van der Waals surface area contributed by atoms with Crippen LogP contribution in [0.1, 0.15) is 44.9 Å². The Bertz CT molecular complexity index is 621. The third kappa shape index (κ3) is 9.58. The molecule has 0 aromatic carbocycles. The van der Waals surface area contributed by atoms with Crippen LogP contribution in [0.2, 0.25) is 0 Å². The van der Waals surface area contributed by atoms with E-state index in [0.29, 0.717) is 12.4 Å². The first-order valence-corrected chi connectivity index (χ1v) is 9.10. The minimum atomic E-state index is -4.31. The van der Waals surface area contributed by atoms with Crippen molar-refractivity contribution in [3.8, 4) is 0 Å². The number of aliphatic hydroxyl groups is 1. The molecule has 1 aromatic heterocycles. The standard InChI is InChI=1S/C17H28F3N5O3/c1-3-22-16(27)24-12(6-8-17(18,19)20)4-5-13(26)7-11-28-14(21)15-23-9-10-25(15)2/h9-10,12-13,21,26H,3-8,11H2,1-2H3,(H2,22,24,27)/t12-,13?/m1/s1. The van der Waals surface area contributed by atoms with Gasteiger partial charge in [0.25, 0.3) is 0 Å². The van der Waals surface area contributed by atoms with Crippen LogP contribution in [-0.4, -0.2) is 58.1 Å². The predicted molar refractivity (Wildman–Crippen MR) is 97.1 cm³/mol. The zero-order chi connectivity index (χ0) is 21.2. The fraction of sp³-hybridized carbons (Fsp3) is 0.706. The van der Waals surface area contributed by atoms with Gasteiger partial charge in [-0.25, -0.2) is 9.78 Å². The van der Waals surface area contributed by atoms with Crippen molar-refractivity contribution in [1.82, 2.24) is 20.2 Å². The summed E-state index contributed by atoms with van der Waals surface area (Å²) < 4.78 is 44.3. The largest absolute Gasteiger partial charge is 0.475 e. The van der Waals surface area contributed by atoms with E-state index in [9.17, 15) is 23.1 Å². The van der Waals surface area contributed by atoms with Crippen molar-refractivity contribution >= 4 is 11.9 Å². The van der Waals surface area contributed by atoms with Crippen LogP contribution in [0.25, 0.3) is 0 Å². The summed E-state index contributed by atoms with van der Waals surface area (Å²) in [7, 11) is 1.72. The van der Waals surface area contributed by atoms with E-state index in [4.69, 9.17) is 10.1 Å². The van der Waals surface area contributed by atoms with E-state index in [0.717, 1.165) is 0 Å². The van der Waals surface area contributed by atoms with E-state index in [1.165, 1.54) is 6.20 Å². The number of halogens is 3. The first-order chi connectivity index (χ1) is 13.1. The van der Waals surface area contributed by atoms with Crippen LogP contribution in [0.5, 0.6) is 0 Å². The van der Waals surface area contributed by atoms with Gasteiger partial charge in [0, 0.05) is 44.9 Å². The molecule has 0 aliphatic carbocycles. The lowest BCUT2D eigenvalue weighted by Gasteiger charge is -2.21. The number of alkyl halides is 3. The number of hydrogen-bond acceptors (Lipinski definition) is 5. The van der Waals surface area contributed by atoms with Gasteiger partial charge in [0.2, 0.25) is 5.90 Å². The Labute approximate surface area is 162 Å². The molecule has 0 spiro atoms. The molecule has 1 unspecified atom stereocenters. The number of carbonyl (C=O) groups excluding carboxylic acids is 1. The van der Waals surface area contributed by atoms with Crippen molar-refractivity contribution in [3.05, 3.63) is 18.2 Å². The fourth-order valence-corrected chi connectivity index (χ4v) is 2.51. The number of aryl methyl sites for hydroxylation is 1. The van der Waals surface area contributed by atoms with Crippen molar-refractivity contribution in [2.24, 2.45) is 7.05 Å². The summed E-state index contributed by atoms with van der Waals surface area (Å²) in [6, 6.07) is -1.23. The van der Waals surface area contributed by atoms with Crippen LogP contribution in [0.3, 0.4) is 0 Å². The van der Waals surface area contributed by atoms with E-state index in [2.05, 4.69) is 15.6 Å². The Morgan fingerprint density at radius 3 is 2.64 bits per heavy atom. The Morgan fingerprint density at radius 1 is 1.36 bits per heavy atom. The predicted octanol–water partition coefficient (Wildman–Crippen LogP) is 2.32. The van der Waals surface area contributed by atoms with Gasteiger partial charge < -0.3 is 25.0 Å². The van der Waals surface area contributed by atoms with Gasteiger partial charge in [0.1, 0.15) is 0 Å². The summed E-state index contributed by atoms with van der Waals surface area (Å²) in [6.45, 7) is 2.14. The van der Waals surface area contributed by atoms with Gasteiger partial charge in [-0.3, -0.25) is 5.41 Å². The molecule has 160 valence electrons. The van der Waals surface area contributed by atoms with Gasteiger partial charge in [-0.05, 0) is 26.2 Å². The average molecular weight is 407 g/mol. The molecule has 8 nitrogen and oxygen atoms in total. The number of hydrogen-bond donors (Lipinski definition) is 4. The summed E-state index contributed by atoms with van der Waals surface area (Å²) in [5.74, 6) is 0.230. The summed E-state index contributed by atoms with van der Waals surface area (Å²) in [6.07, 6.45) is -2.58. The van der Waals surface area contributed by atoms with Crippen molar-refractivity contribution in [2.75, 3.05) is 13.2 Å². The molecule has 28 heavy (non-hydrogen) atoms. The SMILES string of the molecule is CCNC(=O)N[C@H](CCC(O)CCOC(=N)c1nccn1C)CCC(F)(F)F. The van der Waals surface area contributed by atoms with Gasteiger partial charge >= 0.3 is 12.2 Å². The number of aliphatic hydroxyl groups excluding tert-OH is 1. The maximum Gasteiger partial charge on any atom is 0.389 e. The second-order valence-electron chi connectivity index (χ2n) is 6.41. The zero-order valence-corrected chi connectivity index (χ0v) is 16.1. The van der Waals surface area contributed by atoms with Crippen LogP contribution in [-0.2, 0) is 11.8 Å². The number of nitrogens with zero attached hydrogens (tertiary/aromatic N) is 2. The normalized spacial score (nSPS) is 13.6. The Kier molecular flexibility index (Phi) is 9.77. The van der Waals surface area contributed by atoms with Crippen LogP contribution in [0, 0.1) is 5.41 Å². The highest BCUT2D eigenvalue weighted by Gasteiger charge is 2.29. The smallest absolute Gasteiger partial charge is 0.389 e. The van der Waals surface area contributed by atoms with E-state index in [-0.39, 0.29) is 38.2 Å². The second kappa shape index (κ2) is 11.5. The van der Waals surface area contributed by atoms with Crippen molar-refractivity contribution in [1.29, 1.82) is 5.41 Å². The maximum atomic E-state index is 12.5. The lowest BCUT2D eigenvalue weighted by molar-refractivity contribution is -0.136. The van der Waals surface area contributed by atoms with E-state index >= 15 is 0 Å². The molecule has 0 aliphatic rings. The zero-order valence-electron chi connectivity index (χ0n) is 16.1. The second-order valence-corrected chi connectivity index (χ2v) is 6.41. The summed E-state index contributed by atoms with van der Waals surface area (Å²) in [5.41, 5.74) is 0. The molecule has 1 aromatic rings. The first-order valence-electron chi connectivity index (χ1n) is 9.10. The highest BCUT2D eigenvalue weighted by Crippen LogP contribution is 2.23. The van der Waals surface area contributed by atoms with Gasteiger partial charge in [0.15, 0.2) is 5.82 Å². The number of amides is 2. The molecule has 0 bridgehead atoms. The highest BCUT2D eigenvalue weighted by atomic mass is 19.4. The van der Waals surface area contributed by atoms with Crippen LogP contribution < -0.4 is 10.6 Å². The summed E-state index contributed by atoms with van der Waals surface area (Å²) >= 11 is 0. The van der Waals surface area contributed by atoms with Gasteiger partial charge in [-0.15, -0.1) is 0 Å². The molecule has 2 amide bonds. The number of rotatable bonds is 11. The quantitative estimate of drug-likeness (QED) is 0.333. The number of imidazole rings is 1. The van der Waals surface area contributed by atoms with Gasteiger partial charge in [-0.2, -0.15) is 13.2 Å². The molecule has 1 heterocycles. The van der Waals surface area contributed by atoms with Crippen LogP contribution in [0.4, 0.5) is 18.0 Å². The summed E-state index contributed by atoms with van der Waals surface area (Å²) in [4.78, 5) is 15.6. The molecular weight excluding hydrogens is 379 g/mol. The van der Waals surface area contributed by atoms with E-state index in [1.807, 2.05) is 0 Å². The van der Waals surface area contributed by atoms with Gasteiger partial charge in [-0.1, -0.05) is 0 Å². The third-order valence-corrected chi connectivity index (χ3v) is 4.02. The Hall–Kier alpha value is -2.30. The number of aromatic nitrogens is 2. The molecule has 2 atom stereocenters. The third-order valence-electron chi connectivity index (χ3n) is 4.02. The Morgan fingerprint density at radius 2 is 2.07 bits per heavy atom. The lowest BCUT2D eigenvalue weighted by atomic mass is 10.0. The molecule has 0 saturated heterocycles. The van der Waals surface area contributed by atoms with Crippen LogP contribution in [0.15, 0.2) is 12.4 Å². The van der Waals surface area contributed by atoms with E-state index < -0.39 is 30.8 Å². The fourth-order valence-electron chi connectivity index (χ4n) is 2.51. The number of urea groups is 1. The highest BCUT2D eigenvalue weighted by molar-refractivity contribution is 5.87. The van der Waals surface area contributed by atoms with Crippen LogP contribution >= 0.6 is 0 Å². The number of ether oxygens (including phenoxy) is 1. The molecule has 0 saturated carbocycles. The van der Waals surface area contributed by atoms with Crippen molar-refractivity contribution in [3.63, 3.8) is 0 Å². The monoisotopic (exact) mass is 407 g/mol. The average Bonchev–Trinajstić information content (AvgIpc) is 3.02. The minimum Gasteiger partial charge on any atom is -0.475 e.